The fraction of sp³-hybridized carbons (Fsp3) is 0.333. The molecule has 1 aliphatic rings. The van der Waals surface area contributed by atoms with E-state index in [1.165, 1.54) is 12.1 Å². The Balaban J connectivity index is 1.25. The van der Waals surface area contributed by atoms with Gasteiger partial charge in [-0.05, 0) is 49.1 Å². The molecule has 0 atom stereocenters. The fourth-order valence-electron chi connectivity index (χ4n) is 3.51. The monoisotopic (exact) mass is 418 g/mol. The van der Waals surface area contributed by atoms with Crippen LogP contribution in [-0.2, 0) is 6.18 Å². The van der Waals surface area contributed by atoms with Gasteiger partial charge >= 0.3 is 12.2 Å². The van der Waals surface area contributed by atoms with Crippen molar-refractivity contribution >= 4 is 28.8 Å². The highest BCUT2D eigenvalue weighted by molar-refractivity contribution is 5.89. The molecule has 0 spiro atoms. The number of nitrogens with zero attached hydrogens (tertiary/aromatic N) is 2. The van der Waals surface area contributed by atoms with E-state index < -0.39 is 17.8 Å². The number of oxazole rings is 1. The predicted molar refractivity (Wildman–Crippen MR) is 107 cm³/mol. The average Bonchev–Trinajstić information content (AvgIpc) is 3.16. The second-order valence-electron chi connectivity index (χ2n) is 7.31. The number of nitrogens with one attached hydrogen (secondary N) is 2. The number of benzene rings is 2. The normalized spacial score (nSPS) is 15.4. The van der Waals surface area contributed by atoms with Gasteiger partial charge in [0.15, 0.2) is 5.58 Å². The maximum absolute atomic E-state index is 12.8. The first-order valence-corrected chi connectivity index (χ1v) is 9.71. The van der Waals surface area contributed by atoms with Crippen LogP contribution in [0.25, 0.3) is 11.1 Å². The van der Waals surface area contributed by atoms with E-state index in [0.29, 0.717) is 12.6 Å². The van der Waals surface area contributed by atoms with Gasteiger partial charge in [0.25, 0.3) is 6.01 Å². The standard InChI is InChI=1S/C21H21F3N4O2/c22-21(23,24)15-4-3-5-16(12-15)26-19(29)25-13-14-8-10-28(11-9-14)20-27-17-6-1-2-7-18(17)30-20/h1-7,12,14H,8-11,13H2,(H2,25,26,29). The van der Waals surface area contributed by atoms with Crippen LogP contribution in [0.15, 0.2) is 52.9 Å². The lowest BCUT2D eigenvalue weighted by atomic mass is 9.97. The van der Waals surface area contributed by atoms with Crippen molar-refractivity contribution in [2.24, 2.45) is 5.92 Å². The van der Waals surface area contributed by atoms with Gasteiger partial charge in [0.2, 0.25) is 0 Å². The third-order valence-corrected chi connectivity index (χ3v) is 5.17. The molecule has 2 aromatic carbocycles. The Morgan fingerprint density at radius 2 is 1.90 bits per heavy atom. The van der Waals surface area contributed by atoms with Crippen LogP contribution in [0.5, 0.6) is 0 Å². The fourth-order valence-corrected chi connectivity index (χ4v) is 3.51. The molecule has 2 amide bonds. The topological polar surface area (TPSA) is 70.4 Å². The van der Waals surface area contributed by atoms with Crippen molar-refractivity contribution < 1.29 is 22.4 Å². The molecule has 1 aromatic heterocycles. The molecule has 158 valence electrons. The predicted octanol–water partition coefficient (Wildman–Crippen LogP) is 4.88. The lowest BCUT2D eigenvalue weighted by Crippen LogP contribution is -2.40. The number of hydrogen-bond donors (Lipinski definition) is 2. The number of carbonyl (C=O) groups excluding carboxylic acids is 1. The number of aromatic nitrogens is 1. The van der Waals surface area contributed by atoms with Crippen LogP contribution in [-0.4, -0.2) is 30.6 Å². The molecule has 0 unspecified atom stereocenters. The van der Waals surface area contributed by atoms with Crippen molar-refractivity contribution in [3.63, 3.8) is 0 Å². The number of anilines is 2. The van der Waals surface area contributed by atoms with Crippen molar-refractivity contribution in [3.8, 4) is 0 Å². The maximum Gasteiger partial charge on any atom is 0.416 e. The van der Waals surface area contributed by atoms with Gasteiger partial charge in [-0.3, -0.25) is 0 Å². The summed E-state index contributed by atoms with van der Waals surface area (Å²) in [5.41, 5.74) is 0.880. The van der Waals surface area contributed by atoms with Crippen molar-refractivity contribution in [3.05, 3.63) is 54.1 Å². The number of urea groups is 1. The summed E-state index contributed by atoms with van der Waals surface area (Å²) in [4.78, 5) is 18.7. The van der Waals surface area contributed by atoms with Gasteiger partial charge in [-0.1, -0.05) is 18.2 Å². The number of carbonyl (C=O) groups is 1. The van der Waals surface area contributed by atoms with Crippen molar-refractivity contribution in [2.45, 2.75) is 19.0 Å². The van der Waals surface area contributed by atoms with E-state index in [1.807, 2.05) is 24.3 Å². The summed E-state index contributed by atoms with van der Waals surface area (Å²) in [6.07, 6.45) is -2.75. The minimum atomic E-state index is -4.45. The summed E-state index contributed by atoms with van der Waals surface area (Å²) in [6.45, 7) is 1.97. The van der Waals surface area contributed by atoms with Gasteiger partial charge in [0, 0.05) is 25.3 Å². The van der Waals surface area contributed by atoms with Crippen molar-refractivity contribution in [1.29, 1.82) is 0 Å². The summed E-state index contributed by atoms with van der Waals surface area (Å²) in [7, 11) is 0. The van der Waals surface area contributed by atoms with Crippen molar-refractivity contribution in [2.75, 3.05) is 29.9 Å². The Morgan fingerprint density at radius 1 is 1.13 bits per heavy atom. The molecule has 6 nitrogen and oxygen atoms in total. The van der Waals surface area contributed by atoms with E-state index in [4.69, 9.17) is 4.42 Å². The quantitative estimate of drug-likeness (QED) is 0.633. The summed E-state index contributed by atoms with van der Waals surface area (Å²) < 4.78 is 44.1. The molecule has 0 bridgehead atoms. The number of amides is 2. The van der Waals surface area contributed by atoms with E-state index in [1.54, 1.807) is 0 Å². The van der Waals surface area contributed by atoms with Gasteiger partial charge in [-0.2, -0.15) is 18.2 Å². The summed E-state index contributed by atoms with van der Waals surface area (Å²) in [5.74, 6) is 0.276. The molecule has 3 aromatic rings. The Labute approximate surface area is 171 Å². The summed E-state index contributed by atoms with van der Waals surface area (Å²) >= 11 is 0. The number of piperidine rings is 1. The molecule has 2 N–H and O–H groups in total. The highest BCUT2D eigenvalue weighted by atomic mass is 19.4. The second kappa shape index (κ2) is 8.25. The minimum Gasteiger partial charge on any atom is -0.423 e. The molecule has 30 heavy (non-hydrogen) atoms. The van der Waals surface area contributed by atoms with Crippen LogP contribution in [0.3, 0.4) is 0 Å². The van der Waals surface area contributed by atoms with E-state index in [2.05, 4.69) is 20.5 Å². The van der Waals surface area contributed by atoms with Crippen LogP contribution in [0.4, 0.5) is 29.7 Å². The third kappa shape index (κ3) is 4.67. The zero-order valence-electron chi connectivity index (χ0n) is 16.1. The van der Waals surface area contributed by atoms with E-state index >= 15 is 0 Å². The number of alkyl halides is 3. The molecule has 0 saturated carbocycles. The number of halogens is 3. The van der Waals surface area contributed by atoms with Gasteiger partial charge in [0.05, 0.1) is 5.56 Å². The molecule has 0 aliphatic carbocycles. The van der Waals surface area contributed by atoms with Crippen LogP contribution >= 0.6 is 0 Å². The smallest absolute Gasteiger partial charge is 0.416 e. The number of rotatable bonds is 4. The summed E-state index contributed by atoms with van der Waals surface area (Å²) in [5, 5.41) is 5.20. The summed E-state index contributed by atoms with van der Waals surface area (Å²) in [6, 6.07) is 12.3. The highest BCUT2D eigenvalue weighted by Crippen LogP contribution is 2.30. The first-order valence-electron chi connectivity index (χ1n) is 9.71. The van der Waals surface area contributed by atoms with Gasteiger partial charge in [-0.25, -0.2) is 4.79 Å². The highest BCUT2D eigenvalue weighted by Gasteiger charge is 2.30. The minimum absolute atomic E-state index is 0.105. The lowest BCUT2D eigenvalue weighted by molar-refractivity contribution is -0.137. The molecule has 4 rings (SSSR count). The molecule has 9 heteroatoms. The Bertz CT molecular complexity index is 993. The van der Waals surface area contributed by atoms with Crippen molar-refractivity contribution in [1.82, 2.24) is 10.3 Å². The zero-order valence-corrected chi connectivity index (χ0v) is 16.1. The second-order valence-corrected chi connectivity index (χ2v) is 7.31. The van der Waals surface area contributed by atoms with Crippen LogP contribution in [0.2, 0.25) is 0 Å². The van der Waals surface area contributed by atoms with Gasteiger partial charge in [-0.15, -0.1) is 0 Å². The van der Waals surface area contributed by atoms with Crippen LogP contribution < -0.4 is 15.5 Å². The Morgan fingerprint density at radius 3 is 2.63 bits per heavy atom. The molecular formula is C21H21F3N4O2. The molecule has 0 radical (unpaired) electrons. The Hall–Kier alpha value is -3.23. The number of fused-ring (bicyclic) bond motifs is 1. The largest absolute Gasteiger partial charge is 0.423 e. The third-order valence-electron chi connectivity index (χ3n) is 5.17. The van der Waals surface area contributed by atoms with Crippen LogP contribution in [0, 0.1) is 5.92 Å². The molecule has 1 saturated heterocycles. The van der Waals surface area contributed by atoms with Gasteiger partial charge in [0.1, 0.15) is 5.52 Å². The van der Waals surface area contributed by atoms with Crippen LogP contribution in [0.1, 0.15) is 18.4 Å². The van der Waals surface area contributed by atoms with Gasteiger partial charge < -0.3 is 20.0 Å². The zero-order chi connectivity index (χ0) is 21.1. The molecule has 2 heterocycles. The van der Waals surface area contributed by atoms with E-state index in [0.717, 1.165) is 49.2 Å². The maximum atomic E-state index is 12.8. The Kier molecular flexibility index (Phi) is 5.52. The van der Waals surface area contributed by atoms with E-state index in [-0.39, 0.29) is 11.6 Å². The number of hydrogen-bond acceptors (Lipinski definition) is 4. The first-order chi connectivity index (χ1) is 14.4. The molecular weight excluding hydrogens is 397 g/mol. The number of para-hydroxylation sites is 2. The molecule has 1 fully saturated rings. The SMILES string of the molecule is O=C(NCC1CCN(c2nc3ccccc3o2)CC1)Nc1cccc(C(F)(F)F)c1. The van der Waals surface area contributed by atoms with E-state index in [9.17, 15) is 18.0 Å². The average molecular weight is 418 g/mol. The molecule has 1 aliphatic heterocycles. The lowest BCUT2D eigenvalue weighted by Gasteiger charge is -2.30. The first kappa shape index (κ1) is 20.1.